The molecule has 36 heavy (non-hydrogen) atoms. The molecule has 1 saturated carbocycles. The Hall–Kier alpha value is -1.97. The first kappa shape index (κ1) is 27.1. The number of aromatic nitrogens is 2. The third-order valence-electron chi connectivity index (χ3n) is 7.36. The number of rotatable bonds is 11. The van der Waals surface area contributed by atoms with Gasteiger partial charge in [-0.25, -0.2) is 9.97 Å². The van der Waals surface area contributed by atoms with Crippen molar-refractivity contribution < 1.29 is 9.47 Å². The van der Waals surface area contributed by atoms with E-state index in [1.54, 1.807) is 13.3 Å². The number of hydrogen-bond donors (Lipinski definition) is 4. The SMILES string of the molecule is COC[C@H](C)NCC1CCC(Nc2cc(-c3cccc(NCC4(N)CCOCC4)n3)c(Cl)cn2)CC1. The van der Waals surface area contributed by atoms with E-state index in [0.717, 1.165) is 61.7 Å². The molecule has 0 unspecified atom stereocenters. The predicted octanol–water partition coefficient (Wildman–Crippen LogP) is 4.31. The van der Waals surface area contributed by atoms with E-state index in [-0.39, 0.29) is 5.54 Å². The molecule has 0 spiro atoms. The van der Waals surface area contributed by atoms with Crippen molar-refractivity contribution in [2.75, 3.05) is 50.7 Å². The summed E-state index contributed by atoms with van der Waals surface area (Å²) in [5.41, 5.74) is 7.94. The lowest BCUT2D eigenvalue weighted by molar-refractivity contribution is 0.0574. The lowest BCUT2D eigenvalue weighted by Gasteiger charge is -2.33. The Kier molecular flexibility index (Phi) is 9.79. The van der Waals surface area contributed by atoms with Crippen LogP contribution in [-0.4, -0.2) is 67.6 Å². The summed E-state index contributed by atoms with van der Waals surface area (Å²) in [5, 5.41) is 11.2. The van der Waals surface area contributed by atoms with Gasteiger partial charge in [0, 0.05) is 56.3 Å². The van der Waals surface area contributed by atoms with Gasteiger partial charge in [0.1, 0.15) is 11.6 Å². The first-order valence-electron chi connectivity index (χ1n) is 13.2. The second-order valence-corrected chi connectivity index (χ2v) is 10.8. The number of nitrogens with zero attached hydrogens (tertiary/aromatic N) is 2. The summed E-state index contributed by atoms with van der Waals surface area (Å²) < 4.78 is 10.7. The molecule has 1 atom stereocenters. The minimum atomic E-state index is -0.265. The molecule has 9 heteroatoms. The predicted molar refractivity (Wildman–Crippen MR) is 147 cm³/mol. The number of nitrogens with two attached hydrogens (primary N) is 1. The molecule has 1 aliphatic heterocycles. The van der Waals surface area contributed by atoms with Crippen LogP contribution in [0, 0.1) is 5.92 Å². The van der Waals surface area contributed by atoms with Gasteiger partial charge in [0.15, 0.2) is 0 Å². The van der Waals surface area contributed by atoms with Crippen LogP contribution >= 0.6 is 11.6 Å². The number of anilines is 2. The zero-order valence-corrected chi connectivity index (χ0v) is 22.3. The Balaban J connectivity index is 1.33. The van der Waals surface area contributed by atoms with Crippen LogP contribution in [0.2, 0.25) is 5.02 Å². The molecular formula is C27H41ClN6O2. The maximum atomic E-state index is 6.55. The standard InChI is InChI=1S/C27H41ClN6O2/c1-19(17-35-2)30-15-20-6-8-21(9-7-20)33-26-14-22(23(28)16-31-26)24-4-3-5-25(34-24)32-18-27(29)10-12-36-13-11-27/h3-5,14,16,19-21,30H,6-13,15,17-18,29H2,1-2H3,(H,31,33)(H,32,34)/t19-,20?,21?/m0/s1. The van der Waals surface area contributed by atoms with Crippen LogP contribution in [0.5, 0.6) is 0 Å². The molecule has 1 saturated heterocycles. The van der Waals surface area contributed by atoms with Gasteiger partial charge in [-0.3, -0.25) is 0 Å². The molecule has 0 bridgehead atoms. The van der Waals surface area contributed by atoms with Crippen molar-refractivity contribution in [1.29, 1.82) is 0 Å². The summed E-state index contributed by atoms with van der Waals surface area (Å²) in [6, 6.07) is 8.75. The van der Waals surface area contributed by atoms with Crippen molar-refractivity contribution in [3.63, 3.8) is 0 Å². The van der Waals surface area contributed by atoms with Crippen LogP contribution in [0.25, 0.3) is 11.3 Å². The molecule has 1 aliphatic carbocycles. The minimum Gasteiger partial charge on any atom is -0.383 e. The normalized spacial score (nSPS) is 22.7. The summed E-state index contributed by atoms with van der Waals surface area (Å²) in [6.45, 7) is 6.05. The van der Waals surface area contributed by atoms with Gasteiger partial charge in [-0.1, -0.05) is 17.7 Å². The van der Waals surface area contributed by atoms with Crippen molar-refractivity contribution in [3.8, 4) is 11.3 Å². The lowest BCUT2D eigenvalue weighted by atomic mass is 9.86. The molecule has 2 aromatic rings. The van der Waals surface area contributed by atoms with Crippen LogP contribution in [0.4, 0.5) is 11.6 Å². The van der Waals surface area contributed by atoms with Gasteiger partial charge in [-0.2, -0.15) is 0 Å². The minimum absolute atomic E-state index is 0.265. The second kappa shape index (κ2) is 13.0. The highest BCUT2D eigenvalue weighted by Gasteiger charge is 2.28. The molecule has 2 aliphatic rings. The fourth-order valence-electron chi connectivity index (χ4n) is 5.02. The van der Waals surface area contributed by atoms with Gasteiger partial charge < -0.3 is 31.2 Å². The number of pyridine rings is 2. The Morgan fingerprint density at radius 1 is 1.19 bits per heavy atom. The summed E-state index contributed by atoms with van der Waals surface area (Å²) in [7, 11) is 1.75. The van der Waals surface area contributed by atoms with E-state index in [9.17, 15) is 0 Å². The molecule has 8 nitrogen and oxygen atoms in total. The van der Waals surface area contributed by atoms with Crippen LogP contribution in [0.1, 0.15) is 45.4 Å². The first-order chi connectivity index (χ1) is 17.4. The van der Waals surface area contributed by atoms with Gasteiger partial charge in [0.25, 0.3) is 0 Å². The van der Waals surface area contributed by atoms with Crippen molar-refractivity contribution >= 4 is 23.2 Å². The summed E-state index contributed by atoms with van der Waals surface area (Å²) in [5.74, 6) is 2.34. The Morgan fingerprint density at radius 3 is 2.72 bits per heavy atom. The van der Waals surface area contributed by atoms with Gasteiger partial charge in [-0.05, 0) is 76.1 Å². The van der Waals surface area contributed by atoms with Crippen molar-refractivity contribution in [2.45, 2.75) is 63.1 Å². The van der Waals surface area contributed by atoms with Crippen molar-refractivity contribution in [2.24, 2.45) is 11.7 Å². The molecule has 4 rings (SSSR count). The average molecular weight is 517 g/mol. The molecule has 0 amide bonds. The quantitative estimate of drug-likeness (QED) is 0.350. The van der Waals surface area contributed by atoms with E-state index in [1.807, 2.05) is 24.3 Å². The zero-order chi connectivity index (χ0) is 25.4. The maximum absolute atomic E-state index is 6.55. The summed E-state index contributed by atoms with van der Waals surface area (Å²) in [6.07, 6.45) is 8.07. The molecule has 0 aromatic carbocycles. The fraction of sp³-hybridized carbons (Fsp3) is 0.630. The molecule has 198 valence electrons. The van der Waals surface area contributed by atoms with Crippen molar-refractivity contribution in [1.82, 2.24) is 15.3 Å². The average Bonchev–Trinajstić information content (AvgIpc) is 2.89. The zero-order valence-electron chi connectivity index (χ0n) is 21.6. The largest absolute Gasteiger partial charge is 0.383 e. The van der Waals surface area contributed by atoms with E-state index in [0.29, 0.717) is 42.8 Å². The highest BCUT2D eigenvalue weighted by Crippen LogP contribution is 2.31. The molecule has 2 fully saturated rings. The number of methoxy groups -OCH3 is 1. The topological polar surface area (TPSA) is 106 Å². The molecule has 5 N–H and O–H groups in total. The third-order valence-corrected chi connectivity index (χ3v) is 7.66. The highest BCUT2D eigenvalue weighted by atomic mass is 35.5. The molecular weight excluding hydrogens is 476 g/mol. The number of hydrogen-bond acceptors (Lipinski definition) is 8. The first-order valence-corrected chi connectivity index (χ1v) is 13.5. The molecule has 0 radical (unpaired) electrons. The van der Waals surface area contributed by atoms with E-state index >= 15 is 0 Å². The van der Waals surface area contributed by atoms with Crippen LogP contribution in [-0.2, 0) is 9.47 Å². The highest BCUT2D eigenvalue weighted by molar-refractivity contribution is 6.33. The summed E-state index contributed by atoms with van der Waals surface area (Å²) in [4.78, 5) is 9.36. The van der Waals surface area contributed by atoms with E-state index in [2.05, 4.69) is 27.9 Å². The third kappa shape index (κ3) is 7.76. The van der Waals surface area contributed by atoms with Crippen molar-refractivity contribution in [3.05, 3.63) is 35.5 Å². The smallest absolute Gasteiger partial charge is 0.126 e. The fourth-order valence-corrected chi connectivity index (χ4v) is 5.22. The van der Waals surface area contributed by atoms with Gasteiger partial charge in [0.2, 0.25) is 0 Å². The number of halogens is 1. The van der Waals surface area contributed by atoms with Gasteiger partial charge in [0.05, 0.1) is 17.3 Å². The number of nitrogens with one attached hydrogen (secondary N) is 3. The maximum Gasteiger partial charge on any atom is 0.126 e. The van der Waals surface area contributed by atoms with Crippen LogP contribution in [0.15, 0.2) is 30.5 Å². The Morgan fingerprint density at radius 2 is 1.97 bits per heavy atom. The van der Waals surface area contributed by atoms with Crippen LogP contribution < -0.4 is 21.7 Å². The van der Waals surface area contributed by atoms with E-state index in [1.165, 1.54) is 12.8 Å². The lowest BCUT2D eigenvalue weighted by Crippen LogP contribution is -2.50. The number of ether oxygens (including phenoxy) is 2. The monoisotopic (exact) mass is 516 g/mol. The van der Waals surface area contributed by atoms with Crippen LogP contribution in [0.3, 0.4) is 0 Å². The Labute approximate surface area is 220 Å². The summed E-state index contributed by atoms with van der Waals surface area (Å²) >= 11 is 6.55. The van der Waals surface area contributed by atoms with E-state index < -0.39 is 0 Å². The molecule has 2 aromatic heterocycles. The van der Waals surface area contributed by atoms with Gasteiger partial charge in [-0.15, -0.1) is 0 Å². The van der Waals surface area contributed by atoms with Gasteiger partial charge >= 0.3 is 0 Å². The van der Waals surface area contributed by atoms with E-state index in [4.69, 9.17) is 31.8 Å². The molecule has 3 heterocycles. The second-order valence-electron chi connectivity index (χ2n) is 10.4. The Bertz CT molecular complexity index is 963.